The van der Waals surface area contributed by atoms with Crippen LogP contribution in [0, 0.1) is 12.8 Å². The molecule has 0 bridgehead atoms. The van der Waals surface area contributed by atoms with E-state index in [4.69, 9.17) is 0 Å². The third kappa shape index (κ3) is 1.46. The van der Waals surface area contributed by atoms with Gasteiger partial charge in [-0.25, -0.2) is 0 Å². The van der Waals surface area contributed by atoms with Crippen molar-refractivity contribution < 1.29 is 5.11 Å². The molecule has 1 saturated carbocycles. The van der Waals surface area contributed by atoms with Gasteiger partial charge in [0.05, 0.1) is 17.6 Å². The summed E-state index contributed by atoms with van der Waals surface area (Å²) in [5, 5.41) is 9.65. The van der Waals surface area contributed by atoms with Gasteiger partial charge in [-0.3, -0.25) is 9.97 Å². The van der Waals surface area contributed by atoms with E-state index in [9.17, 15) is 5.11 Å². The molecular formula is C9H12N2O. The topological polar surface area (TPSA) is 46.0 Å². The summed E-state index contributed by atoms with van der Waals surface area (Å²) >= 11 is 0. The van der Waals surface area contributed by atoms with Crippen molar-refractivity contribution in [1.29, 1.82) is 0 Å². The Morgan fingerprint density at radius 3 is 2.67 bits per heavy atom. The molecule has 1 aromatic heterocycles. The lowest BCUT2D eigenvalue weighted by Gasteiger charge is -2.06. The van der Waals surface area contributed by atoms with Crippen molar-refractivity contribution in [2.75, 3.05) is 0 Å². The lowest BCUT2D eigenvalue weighted by atomic mass is 10.2. The first kappa shape index (κ1) is 7.68. The Kier molecular flexibility index (Phi) is 1.81. The fraction of sp³-hybridized carbons (Fsp3) is 0.556. The van der Waals surface area contributed by atoms with Gasteiger partial charge in [-0.2, -0.15) is 0 Å². The van der Waals surface area contributed by atoms with Crippen molar-refractivity contribution in [2.45, 2.75) is 25.9 Å². The molecule has 0 amide bonds. The van der Waals surface area contributed by atoms with E-state index in [1.54, 1.807) is 12.4 Å². The molecule has 1 N–H and O–H groups in total. The third-order valence-electron chi connectivity index (χ3n) is 2.17. The van der Waals surface area contributed by atoms with Gasteiger partial charge in [-0.1, -0.05) is 0 Å². The summed E-state index contributed by atoms with van der Waals surface area (Å²) in [4.78, 5) is 8.21. The average Bonchev–Trinajstić information content (AvgIpc) is 2.87. The minimum atomic E-state index is -0.391. The molecule has 0 spiro atoms. The summed E-state index contributed by atoms with van der Waals surface area (Å²) in [7, 11) is 0. The first-order chi connectivity index (χ1) is 5.77. The molecule has 3 nitrogen and oxygen atoms in total. The van der Waals surface area contributed by atoms with Crippen LogP contribution in [0.2, 0.25) is 0 Å². The highest BCUT2D eigenvalue weighted by atomic mass is 16.3. The molecule has 0 saturated heterocycles. The summed E-state index contributed by atoms with van der Waals surface area (Å²) in [5.74, 6) is 0.432. The molecule has 0 radical (unpaired) electrons. The van der Waals surface area contributed by atoms with Gasteiger partial charge >= 0.3 is 0 Å². The monoisotopic (exact) mass is 164 g/mol. The molecule has 1 heterocycles. The maximum absolute atomic E-state index is 9.65. The van der Waals surface area contributed by atoms with Gasteiger partial charge in [-0.05, 0) is 25.7 Å². The lowest BCUT2D eigenvalue weighted by Crippen LogP contribution is -2.03. The van der Waals surface area contributed by atoms with Gasteiger partial charge in [0.15, 0.2) is 0 Å². The minimum absolute atomic E-state index is 0.391. The summed E-state index contributed by atoms with van der Waals surface area (Å²) in [6, 6.07) is 0. The van der Waals surface area contributed by atoms with Crippen molar-refractivity contribution >= 4 is 0 Å². The quantitative estimate of drug-likeness (QED) is 0.715. The van der Waals surface area contributed by atoms with Crippen LogP contribution in [0.3, 0.4) is 0 Å². The Balaban J connectivity index is 2.16. The number of rotatable bonds is 2. The Hall–Kier alpha value is -0.960. The molecule has 1 fully saturated rings. The molecule has 0 aromatic carbocycles. The molecular weight excluding hydrogens is 152 g/mol. The Morgan fingerprint density at radius 1 is 1.42 bits per heavy atom. The Morgan fingerprint density at radius 2 is 2.17 bits per heavy atom. The predicted molar refractivity (Wildman–Crippen MR) is 44.5 cm³/mol. The summed E-state index contributed by atoms with van der Waals surface area (Å²) in [6.07, 6.45) is 5.21. The van der Waals surface area contributed by atoms with Crippen LogP contribution in [-0.4, -0.2) is 15.1 Å². The first-order valence-electron chi connectivity index (χ1n) is 4.24. The zero-order valence-corrected chi connectivity index (χ0v) is 7.07. The van der Waals surface area contributed by atoms with Gasteiger partial charge in [0.2, 0.25) is 0 Å². The van der Waals surface area contributed by atoms with Crippen LogP contribution in [0.15, 0.2) is 12.4 Å². The minimum Gasteiger partial charge on any atom is -0.386 e. The fourth-order valence-electron chi connectivity index (χ4n) is 1.21. The van der Waals surface area contributed by atoms with E-state index >= 15 is 0 Å². The highest BCUT2D eigenvalue weighted by molar-refractivity contribution is 5.06. The molecule has 1 aliphatic carbocycles. The van der Waals surface area contributed by atoms with Gasteiger partial charge in [0.25, 0.3) is 0 Å². The van der Waals surface area contributed by atoms with Crippen LogP contribution in [0.4, 0.5) is 0 Å². The molecule has 1 unspecified atom stereocenters. The SMILES string of the molecule is Cc1cnc(C(O)C2CC2)cn1. The van der Waals surface area contributed by atoms with Crippen molar-refractivity contribution in [2.24, 2.45) is 5.92 Å². The summed E-state index contributed by atoms with van der Waals surface area (Å²) < 4.78 is 0. The number of nitrogens with zero attached hydrogens (tertiary/aromatic N) is 2. The standard InChI is InChI=1S/C9H12N2O/c1-6-4-11-8(5-10-6)9(12)7-2-3-7/h4-5,7,9,12H,2-3H2,1H3. The molecule has 1 aliphatic rings. The number of aliphatic hydroxyl groups is 1. The largest absolute Gasteiger partial charge is 0.386 e. The number of hydrogen-bond donors (Lipinski definition) is 1. The van der Waals surface area contributed by atoms with Gasteiger partial charge in [0, 0.05) is 6.20 Å². The number of aromatic nitrogens is 2. The van der Waals surface area contributed by atoms with Crippen LogP contribution >= 0.6 is 0 Å². The smallest absolute Gasteiger partial charge is 0.100 e. The van der Waals surface area contributed by atoms with Gasteiger partial charge in [-0.15, -0.1) is 0 Å². The van der Waals surface area contributed by atoms with Crippen molar-refractivity contribution in [3.8, 4) is 0 Å². The number of hydrogen-bond acceptors (Lipinski definition) is 3. The van der Waals surface area contributed by atoms with Crippen molar-refractivity contribution in [1.82, 2.24) is 9.97 Å². The zero-order valence-electron chi connectivity index (χ0n) is 7.07. The fourth-order valence-corrected chi connectivity index (χ4v) is 1.21. The molecule has 64 valence electrons. The summed E-state index contributed by atoms with van der Waals surface area (Å²) in [6.45, 7) is 1.89. The Bertz CT molecular complexity index is 266. The van der Waals surface area contributed by atoms with Crippen molar-refractivity contribution in [3.63, 3.8) is 0 Å². The van der Waals surface area contributed by atoms with Crippen LogP contribution in [0.5, 0.6) is 0 Å². The third-order valence-corrected chi connectivity index (χ3v) is 2.17. The normalized spacial score (nSPS) is 19.2. The van der Waals surface area contributed by atoms with Crippen LogP contribution < -0.4 is 0 Å². The van der Waals surface area contributed by atoms with Gasteiger partial charge in [0.1, 0.15) is 6.10 Å². The lowest BCUT2D eigenvalue weighted by molar-refractivity contribution is 0.148. The second-order valence-electron chi connectivity index (χ2n) is 3.36. The molecule has 2 rings (SSSR count). The second-order valence-corrected chi connectivity index (χ2v) is 3.36. The van der Waals surface area contributed by atoms with E-state index < -0.39 is 6.10 Å². The predicted octanol–water partition coefficient (Wildman–Crippen LogP) is 1.23. The van der Waals surface area contributed by atoms with E-state index in [-0.39, 0.29) is 0 Å². The molecule has 0 aliphatic heterocycles. The van der Waals surface area contributed by atoms with Crippen LogP contribution in [0.1, 0.15) is 30.3 Å². The highest BCUT2D eigenvalue weighted by Crippen LogP contribution is 2.39. The molecule has 12 heavy (non-hydrogen) atoms. The second kappa shape index (κ2) is 2.83. The van der Waals surface area contributed by atoms with E-state index in [0.717, 1.165) is 18.5 Å². The van der Waals surface area contributed by atoms with Crippen LogP contribution in [-0.2, 0) is 0 Å². The van der Waals surface area contributed by atoms with E-state index in [2.05, 4.69) is 9.97 Å². The maximum Gasteiger partial charge on any atom is 0.100 e. The summed E-state index contributed by atoms with van der Waals surface area (Å²) in [5.41, 5.74) is 1.60. The Labute approximate surface area is 71.5 Å². The average molecular weight is 164 g/mol. The van der Waals surface area contributed by atoms with Crippen molar-refractivity contribution in [3.05, 3.63) is 23.8 Å². The van der Waals surface area contributed by atoms with E-state index in [1.807, 2.05) is 6.92 Å². The van der Waals surface area contributed by atoms with Crippen LogP contribution in [0.25, 0.3) is 0 Å². The van der Waals surface area contributed by atoms with E-state index in [0.29, 0.717) is 11.6 Å². The molecule has 3 heteroatoms. The molecule has 1 atom stereocenters. The first-order valence-corrected chi connectivity index (χ1v) is 4.24. The maximum atomic E-state index is 9.65. The van der Waals surface area contributed by atoms with Gasteiger partial charge < -0.3 is 5.11 Å². The zero-order chi connectivity index (χ0) is 8.55. The highest BCUT2D eigenvalue weighted by Gasteiger charge is 2.31. The molecule has 1 aromatic rings. The van der Waals surface area contributed by atoms with E-state index in [1.165, 1.54) is 0 Å². The number of aliphatic hydroxyl groups excluding tert-OH is 1. The number of aryl methyl sites for hydroxylation is 1.